The van der Waals surface area contributed by atoms with Crippen molar-refractivity contribution in [3.63, 3.8) is 0 Å². The fourth-order valence-corrected chi connectivity index (χ4v) is 4.69. The van der Waals surface area contributed by atoms with Crippen LogP contribution in [0.15, 0.2) is 53.7 Å². The van der Waals surface area contributed by atoms with E-state index in [9.17, 15) is 4.79 Å². The van der Waals surface area contributed by atoms with Gasteiger partial charge in [0.15, 0.2) is 11.0 Å². The minimum absolute atomic E-state index is 0.0227. The Bertz CT molecular complexity index is 1060. The van der Waals surface area contributed by atoms with E-state index in [4.69, 9.17) is 4.74 Å². The van der Waals surface area contributed by atoms with Crippen molar-refractivity contribution < 1.29 is 9.53 Å². The van der Waals surface area contributed by atoms with Crippen LogP contribution in [0.5, 0.6) is 0 Å². The highest BCUT2D eigenvalue weighted by molar-refractivity contribution is 7.99. The van der Waals surface area contributed by atoms with Crippen LogP contribution in [0, 0.1) is 13.8 Å². The zero-order chi connectivity index (χ0) is 23.0. The van der Waals surface area contributed by atoms with Crippen molar-refractivity contribution in [2.45, 2.75) is 57.6 Å². The molecule has 2 heterocycles. The van der Waals surface area contributed by atoms with E-state index < -0.39 is 0 Å². The quantitative estimate of drug-likeness (QED) is 0.439. The summed E-state index contributed by atoms with van der Waals surface area (Å²) in [6.07, 6.45) is 2.27. The molecule has 33 heavy (non-hydrogen) atoms. The number of amides is 1. The van der Waals surface area contributed by atoms with Crippen molar-refractivity contribution in [1.29, 1.82) is 0 Å². The molecule has 174 valence electrons. The molecule has 8 heteroatoms. The van der Waals surface area contributed by atoms with Gasteiger partial charge in [0.2, 0.25) is 5.91 Å². The molecule has 0 saturated carbocycles. The number of nitrogens with one attached hydrogen (secondary N) is 2. The molecule has 4 rings (SSSR count). The third kappa shape index (κ3) is 6.58. The molecule has 7 nitrogen and oxygen atoms in total. The average Bonchev–Trinajstić information content (AvgIpc) is 3.47. The minimum Gasteiger partial charge on any atom is -0.378 e. The molecule has 0 aliphatic carbocycles. The SMILES string of the molecule is Cc1ccc(NCc2nnc(SCC(=O)NCc3ccccc3)n2C[C@@H]2CCCO2)c(C)c1. The van der Waals surface area contributed by atoms with Crippen LogP contribution in [0.4, 0.5) is 5.69 Å². The minimum atomic E-state index is -0.0227. The van der Waals surface area contributed by atoms with Crippen LogP contribution in [0.25, 0.3) is 0 Å². The maximum absolute atomic E-state index is 12.4. The predicted molar refractivity (Wildman–Crippen MR) is 131 cm³/mol. The molecule has 1 aliphatic rings. The Balaban J connectivity index is 1.39. The Morgan fingerprint density at radius 3 is 2.76 bits per heavy atom. The number of anilines is 1. The zero-order valence-corrected chi connectivity index (χ0v) is 20.0. The highest BCUT2D eigenvalue weighted by Crippen LogP contribution is 2.23. The largest absolute Gasteiger partial charge is 0.378 e. The van der Waals surface area contributed by atoms with Crippen LogP contribution < -0.4 is 10.6 Å². The highest BCUT2D eigenvalue weighted by Gasteiger charge is 2.21. The normalized spacial score (nSPS) is 15.5. The first kappa shape index (κ1) is 23.3. The second-order valence-corrected chi connectivity index (χ2v) is 9.31. The standard InChI is InChI=1S/C25H31N5O2S/c1-18-10-11-22(19(2)13-18)26-15-23-28-29-25(30(23)16-21-9-6-12-32-21)33-17-24(31)27-14-20-7-4-3-5-8-20/h3-5,7-8,10-11,13,21,26H,6,9,12,14-17H2,1-2H3,(H,27,31)/t21-/m0/s1. The molecule has 1 atom stereocenters. The Hall–Kier alpha value is -2.84. The van der Waals surface area contributed by atoms with E-state index in [1.807, 2.05) is 30.3 Å². The Kier molecular flexibility index (Phi) is 8.01. The number of carbonyl (C=O) groups is 1. The monoisotopic (exact) mass is 465 g/mol. The highest BCUT2D eigenvalue weighted by atomic mass is 32.2. The zero-order valence-electron chi connectivity index (χ0n) is 19.2. The van der Waals surface area contributed by atoms with E-state index in [0.717, 1.165) is 41.7 Å². The average molecular weight is 466 g/mol. The van der Waals surface area contributed by atoms with Gasteiger partial charge >= 0.3 is 0 Å². The van der Waals surface area contributed by atoms with Crippen LogP contribution >= 0.6 is 11.8 Å². The Labute approximate surface area is 199 Å². The van der Waals surface area contributed by atoms with Crippen molar-refractivity contribution in [3.05, 3.63) is 71.0 Å². The van der Waals surface area contributed by atoms with Crippen LogP contribution in [-0.2, 0) is 29.2 Å². The molecule has 2 aromatic carbocycles. The summed E-state index contributed by atoms with van der Waals surface area (Å²) in [7, 11) is 0. The molecule has 0 bridgehead atoms. The lowest BCUT2D eigenvalue weighted by Gasteiger charge is -2.16. The summed E-state index contributed by atoms with van der Waals surface area (Å²) in [4.78, 5) is 12.4. The summed E-state index contributed by atoms with van der Waals surface area (Å²) in [5, 5.41) is 16.0. The molecule has 1 saturated heterocycles. The van der Waals surface area contributed by atoms with E-state index in [0.29, 0.717) is 25.4 Å². The number of nitrogens with zero attached hydrogens (tertiary/aromatic N) is 3. The maximum atomic E-state index is 12.4. The first-order chi connectivity index (χ1) is 16.1. The number of aromatic nitrogens is 3. The number of ether oxygens (including phenoxy) is 1. The number of benzene rings is 2. The third-order valence-electron chi connectivity index (χ3n) is 5.69. The summed E-state index contributed by atoms with van der Waals surface area (Å²) in [6, 6.07) is 16.3. The fraction of sp³-hybridized carbons (Fsp3) is 0.400. The van der Waals surface area contributed by atoms with Gasteiger partial charge in [-0.15, -0.1) is 10.2 Å². The molecule has 0 unspecified atom stereocenters. The number of rotatable bonds is 10. The first-order valence-corrected chi connectivity index (χ1v) is 12.4. The van der Waals surface area contributed by atoms with Gasteiger partial charge in [0.25, 0.3) is 0 Å². The molecule has 1 amide bonds. The molecule has 3 aromatic rings. The van der Waals surface area contributed by atoms with Gasteiger partial charge in [-0.1, -0.05) is 59.8 Å². The number of hydrogen-bond donors (Lipinski definition) is 2. The van der Waals surface area contributed by atoms with Gasteiger partial charge in [-0.25, -0.2) is 0 Å². The van der Waals surface area contributed by atoms with Gasteiger partial charge < -0.3 is 19.9 Å². The van der Waals surface area contributed by atoms with E-state index in [2.05, 4.69) is 57.4 Å². The number of aryl methyl sites for hydroxylation is 2. The molecule has 0 radical (unpaired) electrons. The molecule has 2 N–H and O–H groups in total. The first-order valence-electron chi connectivity index (χ1n) is 11.4. The van der Waals surface area contributed by atoms with Crippen LogP contribution in [0.2, 0.25) is 0 Å². The molecule has 0 spiro atoms. The van der Waals surface area contributed by atoms with Gasteiger partial charge in [0.05, 0.1) is 24.9 Å². The summed E-state index contributed by atoms with van der Waals surface area (Å²) < 4.78 is 7.96. The van der Waals surface area contributed by atoms with E-state index in [1.54, 1.807) is 0 Å². The van der Waals surface area contributed by atoms with Crippen molar-refractivity contribution in [2.75, 3.05) is 17.7 Å². The van der Waals surface area contributed by atoms with Gasteiger partial charge in [-0.05, 0) is 43.9 Å². The fourth-order valence-electron chi connectivity index (χ4n) is 3.90. The van der Waals surface area contributed by atoms with Gasteiger partial charge in [-0.2, -0.15) is 0 Å². The van der Waals surface area contributed by atoms with Crippen LogP contribution in [-0.4, -0.2) is 39.1 Å². The second kappa shape index (κ2) is 11.3. The number of thioether (sulfide) groups is 1. The second-order valence-electron chi connectivity index (χ2n) is 8.37. The summed E-state index contributed by atoms with van der Waals surface area (Å²) in [5.74, 6) is 1.12. The molecular formula is C25H31N5O2S. The lowest BCUT2D eigenvalue weighted by molar-refractivity contribution is -0.118. The van der Waals surface area contributed by atoms with Crippen molar-refractivity contribution in [2.24, 2.45) is 0 Å². The summed E-state index contributed by atoms with van der Waals surface area (Å²) in [6.45, 7) is 6.77. The van der Waals surface area contributed by atoms with Crippen molar-refractivity contribution >= 4 is 23.4 Å². The topological polar surface area (TPSA) is 81.1 Å². The van der Waals surface area contributed by atoms with Crippen LogP contribution in [0.1, 0.15) is 35.4 Å². The predicted octanol–water partition coefficient (Wildman–Crippen LogP) is 4.09. The van der Waals surface area contributed by atoms with Crippen molar-refractivity contribution in [3.8, 4) is 0 Å². The van der Waals surface area contributed by atoms with Gasteiger partial charge in [-0.3, -0.25) is 4.79 Å². The molecular weight excluding hydrogens is 434 g/mol. The molecule has 1 aliphatic heterocycles. The molecule has 1 fully saturated rings. The molecule has 1 aromatic heterocycles. The number of hydrogen-bond acceptors (Lipinski definition) is 6. The lowest BCUT2D eigenvalue weighted by atomic mass is 10.1. The summed E-state index contributed by atoms with van der Waals surface area (Å²) in [5.41, 5.74) is 4.60. The van der Waals surface area contributed by atoms with Gasteiger partial charge in [0.1, 0.15) is 0 Å². The Morgan fingerprint density at radius 1 is 1.15 bits per heavy atom. The Morgan fingerprint density at radius 2 is 2.00 bits per heavy atom. The van der Waals surface area contributed by atoms with E-state index >= 15 is 0 Å². The van der Waals surface area contributed by atoms with Crippen molar-refractivity contribution in [1.82, 2.24) is 20.1 Å². The van der Waals surface area contributed by atoms with E-state index in [1.165, 1.54) is 22.9 Å². The number of carbonyl (C=O) groups excluding carboxylic acids is 1. The smallest absolute Gasteiger partial charge is 0.230 e. The van der Waals surface area contributed by atoms with Crippen LogP contribution in [0.3, 0.4) is 0 Å². The summed E-state index contributed by atoms with van der Waals surface area (Å²) >= 11 is 1.42. The van der Waals surface area contributed by atoms with E-state index in [-0.39, 0.29) is 12.0 Å². The van der Waals surface area contributed by atoms with Gasteiger partial charge in [0, 0.05) is 18.8 Å². The third-order valence-corrected chi connectivity index (χ3v) is 6.65. The maximum Gasteiger partial charge on any atom is 0.230 e. The lowest BCUT2D eigenvalue weighted by Crippen LogP contribution is -2.25.